The minimum Gasteiger partial charge on any atom is -0.295 e. The van der Waals surface area contributed by atoms with E-state index >= 15 is 0 Å². The third kappa shape index (κ3) is 2.29. The Kier molecular flexibility index (Phi) is 3.71. The summed E-state index contributed by atoms with van der Waals surface area (Å²) < 4.78 is 0. The Morgan fingerprint density at radius 2 is 2.67 bits per heavy atom. The van der Waals surface area contributed by atoms with E-state index < -0.39 is 0 Å². The lowest BCUT2D eigenvalue weighted by molar-refractivity contribution is 0.551. The summed E-state index contributed by atoms with van der Waals surface area (Å²) >= 11 is 1.62. The van der Waals surface area contributed by atoms with E-state index in [9.17, 15) is 0 Å². The summed E-state index contributed by atoms with van der Waals surface area (Å²) in [5, 5.41) is 14.5. The lowest BCUT2D eigenvalue weighted by atomic mass is 10.2. The predicted molar refractivity (Wildman–Crippen MR) is 48.8 cm³/mol. The van der Waals surface area contributed by atoms with Gasteiger partial charge in [-0.2, -0.15) is 5.26 Å². The number of hydrogen-bond donors (Lipinski definition) is 1. The molecule has 0 aliphatic rings. The van der Waals surface area contributed by atoms with Gasteiger partial charge in [-0.1, -0.05) is 6.92 Å². The van der Waals surface area contributed by atoms with Crippen LogP contribution in [0.1, 0.15) is 24.4 Å². The Labute approximate surface area is 76.1 Å². The zero-order chi connectivity index (χ0) is 8.81. The quantitative estimate of drug-likeness (QED) is 0.719. The molecule has 0 saturated carbocycles. The molecule has 1 atom stereocenters. The van der Waals surface area contributed by atoms with Crippen LogP contribution in [0, 0.1) is 11.3 Å². The Balaban J connectivity index is 2.52. The standard InChI is InChI=1S/C8H11N3S/c1-2-7(10-4-3-9)8-11-5-6-12-8/h5-7,10H,2,4H2,1H3. The van der Waals surface area contributed by atoms with Crippen molar-refractivity contribution in [2.24, 2.45) is 0 Å². The van der Waals surface area contributed by atoms with Crippen molar-refractivity contribution < 1.29 is 0 Å². The van der Waals surface area contributed by atoms with Gasteiger partial charge in [0.05, 0.1) is 18.7 Å². The van der Waals surface area contributed by atoms with Crippen molar-refractivity contribution in [2.75, 3.05) is 6.54 Å². The molecule has 0 radical (unpaired) electrons. The van der Waals surface area contributed by atoms with Crippen LogP contribution in [0.4, 0.5) is 0 Å². The van der Waals surface area contributed by atoms with E-state index in [-0.39, 0.29) is 6.04 Å². The van der Waals surface area contributed by atoms with Crippen molar-refractivity contribution in [1.82, 2.24) is 10.3 Å². The van der Waals surface area contributed by atoms with Crippen LogP contribution in [-0.2, 0) is 0 Å². The summed E-state index contributed by atoms with van der Waals surface area (Å²) in [5.74, 6) is 0. The van der Waals surface area contributed by atoms with E-state index in [0.717, 1.165) is 11.4 Å². The fraction of sp³-hybridized carbons (Fsp3) is 0.500. The van der Waals surface area contributed by atoms with E-state index in [1.54, 1.807) is 17.5 Å². The molecular formula is C8H11N3S. The Hall–Kier alpha value is -0.920. The minimum absolute atomic E-state index is 0.240. The molecule has 64 valence electrons. The Morgan fingerprint density at radius 1 is 1.83 bits per heavy atom. The van der Waals surface area contributed by atoms with Gasteiger partial charge in [0.2, 0.25) is 0 Å². The highest BCUT2D eigenvalue weighted by Gasteiger charge is 2.09. The molecule has 1 heterocycles. The number of nitriles is 1. The predicted octanol–water partition coefficient (Wildman–Crippen LogP) is 1.71. The second-order valence-electron chi connectivity index (χ2n) is 2.37. The number of nitrogens with zero attached hydrogens (tertiary/aromatic N) is 2. The van der Waals surface area contributed by atoms with Crippen molar-refractivity contribution in [3.05, 3.63) is 16.6 Å². The first-order chi connectivity index (χ1) is 5.88. The second kappa shape index (κ2) is 4.86. The zero-order valence-electron chi connectivity index (χ0n) is 6.95. The molecule has 1 N–H and O–H groups in total. The van der Waals surface area contributed by atoms with Crippen molar-refractivity contribution in [1.29, 1.82) is 5.26 Å². The van der Waals surface area contributed by atoms with Gasteiger partial charge in [0.1, 0.15) is 5.01 Å². The number of thiazole rings is 1. The van der Waals surface area contributed by atoms with Gasteiger partial charge in [0, 0.05) is 11.6 Å². The number of nitrogens with one attached hydrogen (secondary N) is 1. The maximum atomic E-state index is 8.38. The summed E-state index contributed by atoms with van der Waals surface area (Å²) in [6.07, 6.45) is 2.76. The first-order valence-corrected chi connectivity index (χ1v) is 4.76. The smallest absolute Gasteiger partial charge is 0.109 e. The molecule has 1 aromatic heterocycles. The molecule has 1 rings (SSSR count). The van der Waals surface area contributed by atoms with Gasteiger partial charge in [0.15, 0.2) is 0 Å². The second-order valence-corrected chi connectivity index (χ2v) is 3.30. The molecule has 0 amide bonds. The van der Waals surface area contributed by atoms with Gasteiger partial charge in [-0.25, -0.2) is 4.98 Å². The van der Waals surface area contributed by atoms with Crippen LogP contribution in [0.2, 0.25) is 0 Å². The van der Waals surface area contributed by atoms with Gasteiger partial charge in [-0.05, 0) is 6.42 Å². The number of rotatable bonds is 4. The summed E-state index contributed by atoms with van der Waals surface area (Å²) in [5.41, 5.74) is 0. The normalized spacial score (nSPS) is 12.3. The van der Waals surface area contributed by atoms with E-state index in [0.29, 0.717) is 6.54 Å². The van der Waals surface area contributed by atoms with Crippen LogP contribution in [-0.4, -0.2) is 11.5 Å². The molecule has 0 aliphatic carbocycles. The molecule has 0 aliphatic heterocycles. The molecule has 0 bridgehead atoms. The third-order valence-corrected chi connectivity index (χ3v) is 2.47. The first kappa shape index (κ1) is 9.17. The maximum absolute atomic E-state index is 8.38. The molecule has 1 unspecified atom stereocenters. The lowest BCUT2D eigenvalue weighted by Gasteiger charge is -2.10. The monoisotopic (exact) mass is 181 g/mol. The fourth-order valence-corrected chi connectivity index (χ4v) is 1.78. The van der Waals surface area contributed by atoms with Crippen LogP contribution in [0.25, 0.3) is 0 Å². The molecular weight excluding hydrogens is 170 g/mol. The molecule has 0 fully saturated rings. The summed E-state index contributed by atoms with van der Waals surface area (Å²) in [7, 11) is 0. The maximum Gasteiger partial charge on any atom is 0.109 e. The van der Waals surface area contributed by atoms with Gasteiger partial charge in [0.25, 0.3) is 0 Å². The van der Waals surface area contributed by atoms with Crippen LogP contribution < -0.4 is 5.32 Å². The van der Waals surface area contributed by atoms with Crippen LogP contribution in [0.5, 0.6) is 0 Å². The number of hydrogen-bond acceptors (Lipinski definition) is 4. The minimum atomic E-state index is 0.240. The van der Waals surface area contributed by atoms with Gasteiger partial charge in [-0.15, -0.1) is 11.3 Å². The molecule has 0 saturated heterocycles. The van der Waals surface area contributed by atoms with Crippen LogP contribution >= 0.6 is 11.3 Å². The van der Waals surface area contributed by atoms with Crippen LogP contribution in [0.3, 0.4) is 0 Å². The highest BCUT2D eigenvalue weighted by atomic mass is 32.1. The van der Waals surface area contributed by atoms with Crippen LogP contribution in [0.15, 0.2) is 11.6 Å². The highest BCUT2D eigenvalue weighted by Crippen LogP contribution is 2.17. The van der Waals surface area contributed by atoms with Gasteiger partial charge in [-0.3, -0.25) is 5.32 Å². The summed E-state index contributed by atoms with van der Waals surface area (Å²) in [6.45, 7) is 2.47. The van der Waals surface area contributed by atoms with Gasteiger partial charge < -0.3 is 0 Å². The zero-order valence-corrected chi connectivity index (χ0v) is 7.77. The molecule has 0 spiro atoms. The van der Waals surface area contributed by atoms with E-state index in [1.807, 2.05) is 5.38 Å². The van der Waals surface area contributed by atoms with E-state index in [4.69, 9.17) is 5.26 Å². The Bertz CT molecular complexity index is 250. The SMILES string of the molecule is CCC(NCC#N)c1nccs1. The lowest BCUT2D eigenvalue weighted by Crippen LogP contribution is -2.20. The first-order valence-electron chi connectivity index (χ1n) is 3.88. The molecule has 3 nitrogen and oxygen atoms in total. The molecule has 4 heteroatoms. The van der Waals surface area contributed by atoms with E-state index in [1.165, 1.54) is 0 Å². The molecule has 1 aromatic rings. The third-order valence-electron chi connectivity index (χ3n) is 1.59. The average Bonchev–Trinajstić information content (AvgIpc) is 2.59. The molecule has 0 aromatic carbocycles. The van der Waals surface area contributed by atoms with Crippen molar-refractivity contribution in [3.63, 3.8) is 0 Å². The highest BCUT2D eigenvalue weighted by molar-refractivity contribution is 7.09. The Morgan fingerprint density at radius 3 is 3.17 bits per heavy atom. The largest absolute Gasteiger partial charge is 0.295 e. The summed E-state index contributed by atoms with van der Waals surface area (Å²) in [4.78, 5) is 4.19. The van der Waals surface area contributed by atoms with Crippen molar-refractivity contribution in [2.45, 2.75) is 19.4 Å². The number of aromatic nitrogens is 1. The van der Waals surface area contributed by atoms with Crippen molar-refractivity contribution >= 4 is 11.3 Å². The topological polar surface area (TPSA) is 48.7 Å². The van der Waals surface area contributed by atoms with Gasteiger partial charge >= 0.3 is 0 Å². The average molecular weight is 181 g/mol. The van der Waals surface area contributed by atoms with Crippen molar-refractivity contribution in [3.8, 4) is 6.07 Å². The fourth-order valence-electron chi connectivity index (χ4n) is 0.982. The summed E-state index contributed by atoms with van der Waals surface area (Å²) in [6, 6.07) is 2.30. The van der Waals surface area contributed by atoms with E-state index in [2.05, 4.69) is 23.3 Å². The molecule has 12 heavy (non-hydrogen) atoms.